The molecule has 1 saturated heterocycles. The lowest BCUT2D eigenvalue weighted by molar-refractivity contribution is 0.0218. The molecule has 2 unspecified atom stereocenters. The lowest BCUT2D eigenvalue weighted by Gasteiger charge is -2.30. The predicted molar refractivity (Wildman–Crippen MR) is 94.8 cm³/mol. The average molecular weight is 336 g/mol. The largest absolute Gasteiger partial charge is 0.444 e. The zero-order valence-electron chi connectivity index (χ0n) is 15.4. The number of aryl methyl sites for hydroxylation is 1. The summed E-state index contributed by atoms with van der Waals surface area (Å²) in [6.07, 6.45) is 2.46. The fraction of sp³-hybridized carbons (Fsp3) is 0.632. The fourth-order valence-electron chi connectivity index (χ4n) is 3.17. The van der Waals surface area contributed by atoms with Gasteiger partial charge in [0.1, 0.15) is 11.4 Å². The molecule has 1 fully saturated rings. The number of amides is 1. The number of carbonyl (C=O) groups excluding carboxylic acids is 1. The second-order valence-electron chi connectivity index (χ2n) is 7.68. The van der Waals surface area contributed by atoms with E-state index in [0.717, 1.165) is 31.4 Å². The fourth-order valence-corrected chi connectivity index (χ4v) is 3.17. The monoisotopic (exact) mass is 336 g/mol. The molecule has 0 radical (unpaired) electrons. The van der Waals surface area contributed by atoms with Gasteiger partial charge >= 0.3 is 6.09 Å². The first-order valence-corrected chi connectivity index (χ1v) is 8.68. The van der Waals surface area contributed by atoms with Crippen LogP contribution in [0.4, 0.5) is 14.9 Å². The van der Waals surface area contributed by atoms with Gasteiger partial charge in [0.05, 0.1) is 5.69 Å². The lowest BCUT2D eigenvalue weighted by atomic mass is 10.0. The Bertz CT molecular complexity index is 563. The molecule has 0 saturated carbocycles. The van der Waals surface area contributed by atoms with Crippen LogP contribution in [0, 0.1) is 12.7 Å². The number of likely N-dealkylation sites (tertiary alicyclic amines) is 1. The highest BCUT2D eigenvalue weighted by Gasteiger charge is 2.33. The Balaban J connectivity index is 1.97. The zero-order chi connectivity index (χ0) is 17.9. The molecule has 0 aliphatic carbocycles. The summed E-state index contributed by atoms with van der Waals surface area (Å²) in [6, 6.07) is 5.26. The molecular formula is C19H29FN2O2. The van der Waals surface area contributed by atoms with E-state index in [2.05, 4.69) is 5.32 Å². The summed E-state index contributed by atoms with van der Waals surface area (Å²) >= 11 is 0. The minimum absolute atomic E-state index is 0.0636. The number of halogens is 1. The summed E-state index contributed by atoms with van der Waals surface area (Å²) in [5.74, 6) is -0.239. The van der Waals surface area contributed by atoms with Gasteiger partial charge in [-0.3, -0.25) is 0 Å². The Hall–Kier alpha value is -1.78. The van der Waals surface area contributed by atoms with Crippen LogP contribution in [0.25, 0.3) is 0 Å². The number of carbonyl (C=O) groups is 1. The first-order valence-electron chi connectivity index (χ1n) is 8.68. The van der Waals surface area contributed by atoms with Gasteiger partial charge in [-0.25, -0.2) is 9.18 Å². The number of para-hydroxylation sites is 1. The molecule has 1 aromatic rings. The van der Waals surface area contributed by atoms with Gasteiger partial charge < -0.3 is 15.0 Å². The molecule has 1 heterocycles. The maximum absolute atomic E-state index is 14.0. The molecule has 24 heavy (non-hydrogen) atoms. The van der Waals surface area contributed by atoms with Crippen molar-refractivity contribution in [2.24, 2.45) is 0 Å². The molecule has 1 amide bonds. The van der Waals surface area contributed by atoms with Gasteiger partial charge in [-0.15, -0.1) is 0 Å². The first-order chi connectivity index (χ1) is 11.2. The molecule has 2 rings (SSSR count). The molecule has 5 heteroatoms. The van der Waals surface area contributed by atoms with Crippen LogP contribution in [0.15, 0.2) is 18.2 Å². The summed E-state index contributed by atoms with van der Waals surface area (Å²) in [5, 5.41) is 3.26. The second-order valence-corrected chi connectivity index (χ2v) is 7.68. The number of ether oxygens (including phenoxy) is 1. The van der Waals surface area contributed by atoms with Gasteiger partial charge in [0, 0.05) is 18.6 Å². The van der Waals surface area contributed by atoms with Gasteiger partial charge in [0.25, 0.3) is 0 Å². The molecule has 0 bridgehead atoms. The van der Waals surface area contributed by atoms with Crippen molar-refractivity contribution in [3.63, 3.8) is 0 Å². The SMILES string of the molecule is Cc1cccc(F)c1NC(C)CC1CCCN1C(=O)OC(C)(C)C. The predicted octanol–water partition coefficient (Wildman–Crippen LogP) is 4.72. The molecule has 1 aromatic carbocycles. The maximum atomic E-state index is 14.0. The number of benzene rings is 1. The minimum Gasteiger partial charge on any atom is -0.444 e. The third kappa shape index (κ3) is 4.86. The molecule has 0 aromatic heterocycles. The van der Waals surface area contributed by atoms with Crippen LogP contribution in [-0.4, -0.2) is 35.2 Å². The third-order valence-electron chi connectivity index (χ3n) is 4.24. The molecule has 1 aliphatic heterocycles. The normalized spacial score (nSPS) is 19.2. The van der Waals surface area contributed by atoms with E-state index in [1.807, 2.05) is 45.6 Å². The van der Waals surface area contributed by atoms with Crippen LogP contribution in [0.1, 0.15) is 52.5 Å². The van der Waals surface area contributed by atoms with Crippen molar-refractivity contribution in [2.75, 3.05) is 11.9 Å². The molecule has 0 spiro atoms. The number of anilines is 1. The van der Waals surface area contributed by atoms with Crippen molar-refractivity contribution in [1.29, 1.82) is 0 Å². The number of hydrogen-bond donors (Lipinski definition) is 1. The quantitative estimate of drug-likeness (QED) is 0.864. The van der Waals surface area contributed by atoms with Crippen molar-refractivity contribution in [3.05, 3.63) is 29.6 Å². The van der Waals surface area contributed by atoms with Crippen molar-refractivity contribution in [3.8, 4) is 0 Å². The topological polar surface area (TPSA) is 41.6 Å². The number of rotatable bonds is 4. The summed E-state index contributed by atoms with van der Waals surface area (Å²) < 4.78 is 19.5. The Morgan fingerprint density at radius 1 is 1.46 bits per heavy atom. The second kappa shape index (κ2) is 7.41. The first kappa shape index (κ1) is 18.6. The van der Waals surface area contributed by atoms with E-state index < -0.39 is 5.60 Å². The summed E-state index contributed by atoms with van der Waals surface area (Å²) in [6.45, 7) is 10.3. The van der Waals surface area contributed by atoms with E-state index in [1.165, 1.54) is 6.07 Å². The summed E-state index contributed by atoms with van der Waals surface area (Å²) in [5.41, 5.74) is 0.947. The van der Waals surface area contributed by atoms with E-state index >= 15 is 0 Å². The highest BCUT2D eigenvalue weighted by molar-refractivity contribution is 5.69. The number of nitrogens with zero attached hydrogens (tertiary/aromatic N) is 1. The zero-order valence-corrected chi connectivity index (χ0v) is 15.4. The van der Waals surface area contributed by atoms with Gasteiger partial charge in [-0.1, -0.05) is 12.1 Å². The maximum Gasteiger partial charge on any atom is 0.410 e. The van der Waals surface area contributed by atoms with E-state index in [4.69, 9.17) is 4.74 Å². The minimum atomic E-state index is -0.488. The smallest absolute Gasteiger partial charge is 0.410 e. The Morgan fingerprint density at radius 2 is 2.17 bits per heavy atom. The van der Waals surface area contributed by atoms with Gasteiger partial charge in [-0.05, 0) is 65.5 Å². The van der Waals surface area contributed by atoms with Crippen LogP contribution >= 0.6 is 0 Å². The Morgan fingerprint density at radius 3 is 2.79 bits per heavy atom. The molecule has 2 atom stereocenters. The van der Waals surface area contributed by atoms with Crippen molar-refractivity contribution in [2.45, 2.75) is 71.6 Å². The Kier molecular flexibility index (Phi) is 5.73. The lowest BCUT2D eigenvalue weighted by Crippen LogP contribution is -2.41. The molecule has 1 aliphatic rings. The summed E-state index contributed by atoms with van der Waals surface area (Å²) in [4.78, 5) is 14.2. The van der Waals surface area contributed by atoms with E-state index in [-0.39, 0.29) is 24.0 Å². The van der Waals surface area contributed by atoms with Crippen LogP contribution in [0.2, 0.25) is 0 Å². The molecule has 134 valence electrons. The molecule has 1 N–H and O–H groups in total. The van der Waals surface area contributed by atoms with E-state index in [1.54, 1.807) is 6.07 Å². The van der Waals surface area contributed by atoms with Crippen LogP contribution in [-0.2, 0) is 4.74 Å². The average Bonchev–Trinajstić information content (AvgIpc) is 2.89. The molecule has 4 nitrogen and oxygen atoms in total. The summed E-state index contributed by atoms with van der Waals surface area (Å²) in [7, 11) is 0. The highest BCUT2D eigenvalue weighted by Crippen LogP contribution is 2.26. The van der Waals surface area contributed by atoms with Crippen LogP contribution in [0.5, 0.6) is 0 Å². The number of hydrogen-bond acceptors (Lipinski definition) is 3. The highest BCUT2D eigenvalue weighted by atomic mass is 19.1. The van der Waals surface area contributed by atoms with Crippen molar-refractivity contribution in [1.82, 2.24) is 4.90 Å². The van der Waals surface area contributed by atoms with Gasteiger partial charge in [-0.2, -0.15) is 0 Å². The standard InChI is InChI=1S/C19H29FN2O2/c1-13-8-6-10-16(20)17(13)21-14(2)12-15-9-7-11-22(15)18(23)24-19(3,4)5/h6,8,10,14-15,21H,7,9,11-12H2,1-5H3. The van der Waals surface area contributed by atoms with E-state index in [0.29, 0.717) is 5.69 Å². The van der Waals surface area contributed by atoms with Crippen LogP contribution < -0.4 is 5.32 Å². The van der Waals surface area contributed by atoms with Crippen molar-refractivity contribution < 1.29 is 13.9 Å². The third-order valence-corrected chi connectivity index (χ3v) is 4.24. The Labute approximate surface area is 144 Å². The van der Waals surface area contributed by atoms with Gasteiger partial charge in [0.2, 0.25) is 0 Å². The number of nitrogens with one attached hydrogen (secondary N) is 1. The van der Waals surface area contributed by atoms with Crippen molar-refractivity contribution >= 4 is 11.8 Å². The molecular weight excluding hydrogens is 307 g/mol. The van der Waals surface area contributed by atoms with Crippen LogP contribution in [0.3, 0.4) is 0 Å². The van der Waals surface area contributed by atoms with E-state index in [9.17, 15) is 9.18 Å². The van der Waals surface area contributed by atoms with Gasteiger partial charge in [0.15, 0.2) is 0 Å².